The van der Waals surface area contributed by atoms with Crippen molar-refractivity contribution in [3.63, 3.8) is 0 Å². The summed E-state index contributed by atoms with van der Waals surface area (Å²) < 4.78 is 26.8. The lowest BCUT2D eigenvalue weighted by molar-refractivity contribution is 0.220. The van der Waals surface area contributed by atoms with Crippen LogP contribution in [0, 0.1) is 11.6 Å². The van der Waals surface area contributed by atoms with Gasteiger partial charge in [0.1, 0.15) is 6.10 Å². The molecule has 0 fully saturated rings. The average molecular weight is 369 g/mol. The molecule has 0 amide bonds. The monoisotopic (exact) mass is 369 g/mol. The predicted octanol–water partition coefficient (Wildman–Crippen LogP) is 4.35. The SMILES string of the molecule is OC(c1ccc(F)c(F)c1)c1cc(-c2ccncc2)sc1C1=NN=CC1. The van der Waals surface area contributed by atoms with Gasteiger partial charge in [-0.2, -0.15) is 10.2 Å². The number of hydrogen-bond donors (Lipinski definition) is 1. The minimum absolute atomic E-state index is 0.281. The summed E-state index contributed by atoms with van der Waals surface area (Å²) in [5.74, 6) is -1.94. The van der Waals surface area contributed by atoms with Crippen LogP contribution in [0.3, 0.4) is 0 Å². The molecule has 3 aromatic rings. The van der Waals surface area contributed by atoms with E-state index in [1.54, 1.807) is 18.6 Å². The first-order valence-electron chi connectivity index (χ1n) is 7.89. The standard InChI is InChI=1S/C19H13F2N3OS/c20-14-2-1-12(9-15(14)21)18(25)13-10-17(11-3-6-22-7-4-11)26-19(13)16-5-8-23-24-16/h1-4,6-10,18,25H,5H2. The average Bonchev–Trinajstić information content (AvgIpc) is 3.33. The van der Waals surface area contributed by atoms with Gasteiger partial charge in [0.2, 0.25) is 0 Å². The van der Waals surface area contributed by atoms with E-state index in [1.807, 2.05) is 18.2 Å². The molecule has 0 spiro atoms. The van der Waals surface area contributed by atoms with Crippen molar-refractivity contribution in [2.75, 3.05) is 0 Å². The lowest BCUT2D eigenvalue weighted by Gasteiger charge is -2.12. The molecule has 4 nitrogen and oxygen atoms in total. The van der Waals surface area contributed by atoms with Crippen molar-refractivity contribution in [1.82, 2.24) is 4.98 Å². The first kappa shape index (κ1) is 16.7. The van der Waals surface area contributed by atoms with Crippen LogP contribution in [0.15, 0.2) is 59.0 Å². The second kappa shape index (κ2) is 6.86. The number of thiophene rings is 1. The molecule has 4 rings (SSSR count). The maximum absolute atomic E-state index is 13.6. The molecule has 1 atom stereocenters. The Kier molecular flexibility index (Phi) is 4.40. The quantitative estimate of drug-likeness (QED) is 0.743. The van der Waals surface area contributed by atoms with Crippen LogP contribution in [0.5, 0.6) is 0 Å². The van der Waals surface area contributed by atoms with Crippen molar-refractivity contribution in [3.8, 4) is 10.4 Å². The first-order valence-corrected chi connectivity index (χ1v) is 8.71. The molecule has 1 aromatic carbocycles. The highest BCUT2D eigenvalue weighted by Gasteiger charge is 2.23. The Labute approximate surface area is 152 Å². The normalized spacial score (nSPS) is 14.5. The summed E-state index contributed by atoms with van der Waals surface area (Å²) >= 11 is 1.47. The minimum atomic E-state index is -1.10. The molecule has 130 valence electrons. The topological polar surface area (TPSA) is 57.8 Å². The molecule has 0 bridgehead atoms. The largest absolute Gasteiger partial charge is 0.384 e. The van der Waals surface area contributed by atoms with Gasteiger partial charge in [0.05, 0.1) is 10.6 Å². The molecule has 2 aromatic heterocycles. The van der Waals surface area contributed by atoms with Gasteiger partial charge in [-0.3, -0.25) is 4.98 Å². The van der Waals surface area contributed by atoms with Crippen LogP contribution in [0.4, 0.5) is 8.78 Å². The number of halogens is 2. The molecule has 26 heavy (non-hydrogen) atoms. The number of nitrogens with zero attached hydrogens (tertiary/aromatic N) is 3. The van der Waals surface area contributed by atoms with Gasteiger partial charge < -0.3 is 5.11 Å². The highest BCUT2D eigenvalue weighted by Crippen LogP contribution is 2.38. The van der Waals surface area contributed by atoms with E-state index in [2.05, 4.69) is 15.2 Å². The highest BCUT2D eigenvalue weighted by atomic mass is 32.1. The maximum atomic E-state index is 13.6. The molecule has 0 saturated heterocycles. The Hall–Kier alpha value is -2.77. The second-order valence-corrected chi connectivity index (χ2v) is 6.81. The zero-order chi connectivity index (χ0) is 18.1. The lowest BCUT2D eigenvalue weighted by atomic mass is 9.99. The van der Waals surface area contributed by atoms with Crippen molar-refractivity contribution in [3.05, 3.63) is 76.4 Å². The van der Waals surface area contributed by atoms with Crippen LogP contribution in [-0.4, -0.2) is 22.0 Å². The molecule has 1 unspecified atom stereocenters. The number of pyridine rings is 1. The zero-order valence-electron chi connectivity index (χ0n) is 13.4. The Morgan fingerprint density at radius 1 is 1.04 bits per heavy atom. The Morgan fingerprint density at radius 3 is 2.54 bits per heavy atom. The van der Waals surface area contributed by atoms with E-state index in [1.165, 1.54) is 17.4 Å². The second-order valence-electron chi connectivity index (χ2n) is 5.76. The molecule has 0 saturated carbocycles. The molecule has 7 heteroatoms. The van der Waals surface area contributed by atoms with E-state index in [0.29, 0.717) is 12.0 Å². The van der Waals surface area contributed by atoms with Gasteiger partial charge in [-0.05, 0) is 41.5 Å². The molecule has 0 radical (unpaired) electrons. The fourth-order valence-electron chi connectivity index (χ4n) is 2.77. The summed E-state index contributed by atoms with van der Waals surface area (Å²) in [6, 6.07) is 9.00. The van der Waals surface area contributed by atoms with Gasteiger partial charge in [-0.25, -0.2) is 8.78 Å². The Balaban J connectivity index is 1.80. The molecule has 1 N–H and O–H groups in total. The summed E-state index contributed by atoms with van der Waals surface area (Å²) in [5, 5.41) is 18.8. The van der Waals surface area contributed by atoms with Crippen molar-refractivity contribution in [2.24, 2.45) is 10.2 Å². The number of aliphatic hydroxyl groups excluding tert-OH is 1. The van der Waals surface area contributed by atoms with Crippen molar-refractivity contribution >= 4 is 23.3 Å². The molecule has 0 aliphatic carbocycles. The van der Waals surface area contributed by atoms with E-state index in [-0.39, 0.29) is 5.56 Å². The smallest absolute Gasteiger partial charge is 0.159 e. The van der Waals surface area contributed by atoms with Crippen LogP contribution in [0.1, 0.15) is 28.5 Å². The van der Waals surface area contributed by atoms with Crippen LogP contribution >= 0.6 is 11.3 Å². The van der Waals surface area contributed by atoms with Crippen LogP contribution in [0.2, 0.25) is 0 Å². The van der Waals surface area contributed by atoms with E-state index in [0.717, 1.165) is 33.2 Å². The summed E-state index contributed by atoms with van der Waals surface area (Å²) in [4.78, 5) is 5.72. The van der Waals surface area contributed by atoms with Crippen molar-refractivity contribution < 1.29 is 13.9 Å². The first-order chi connectivity index (χ1) is 12.6. The van der Waals surface area contributed by atoms with E-state index < -0.39 is 17.7 Å². The fraction of sp³-hybridized carbons (Fsp3) is 0.105. The van der Waals surface area contributed by atoms with E-state index in [4.69, 9.17) is 0 Å². The van der Waals surface area contributed by atoms with Crippen LogP contribution < -0.4 is 0 Å². The minimum Gasteiger partial charge on any atom is -0.384 e. The van der Waals surface area contributed by atoms with Crippen molar-refractivity contribution in [1.29, 1.82) is 0 Å². The van der Waals surface area contributed by atoms with Gasteiger partial charge in [0.15, 0.2) is 11.6 Å². The number of aliphatic hydroxyl groups is 1. The van der Waals surface area contributed by atoms with Crippen LogP contribution in [-0.2, 0) is 0 Å². The van der Waals surface area contributed by atoms with E-state index in [9.17, 15) is 13.9 Å². The van der Waals surface area contributed by atoms with Gasteiger partial charge in [0.25, 0.3) is 0 Å². The third kappa shape index (κ3) is 3.07. The summed E-state index contributed by atoms with van der Waals surface area (Å²) in [5.41, 5.74) is 2.57. The van der Waals surface area contributed by atoms with Gasteiger partial charge in [-0.15, -0.1) is 11.3 Å². The molecule has 3 heterocycles. The molecular weight excluding hydrogens is 356 g/mol. The number of rotatable bonds is 4. The fourth-order valence-corrected chi connectivity index (χ4v) is 3.96. The van der Waals surface area contributed by atoms with Gasteiger partial charge >= 0.3 is 0 Å². The molecular formula is C19H13F2N3OS. The summed E-state index contributed by atoms with van der Waals surface area (Å²) in [6.07, 6.45) is 4.53. The molecule has 1 aliphatic heterocycles. The third-order valence-electron chi connectivity index (χ3n) is 4.09. The predicted molar refractivity (Wildman–Crippen MR) is 97.6 cm³/mol. The Morgan fingerprint density at radius 2 is 1.85 bits per heavy atom. The van der Waals surface area contributed by atoms with E-state index >= 15 is 0 Å². The number of benzene rings is 1. The molecule has 1 aliphatic rings. The maximum Gasteiger partial charge on any atom is 0.159 e. The third-order valence-corrected chi connectivity index (χ3v) is 5.34. The number of hydrogen-bond acceptors (Lipinski definition) is 5. The summed E-state index contributed by atoms with van der Waals surface area (Å²) in [6.45, 7) is 0. The van der Waals surface area contributed by atoms with Crippen LogP contribution in [0.25, 0.3) is 10.4 Å². The lowest BCUT2D eigenvalue weighted by Crippen LogP contribution is -2.06. The van der Waals surface area contributed by atoms with Gasteiger partial charge in [-0.1, -0.05) is 6.07 Å². The number of aromatic nitrogens is 1. The van der Waals surface area contributed by atoms with Crippen molar-refractivity contribution in [2.45, 2.75) is 12.5 Å². The highest BCUT2D eigenvalue weighted by molar-refractivity contribution is 7.17. The summed E-state index contributed by atoms with van der Waals surface area (Å²) in [7, 11) is 0. The Bertz CT molecular complexity index is 1010. The zero-order valence-corrected chi connectivity index (χ0v) is 14.3. The van der Waals surface area contributed by atoms with Gasteiger partial charge in [0, 0.05) is 35.5 Å².